The summed E-state index contributed by atoms with van der Waals surface area (Å²) < 4.78 is 5.20. The van der Waals surface area contributed by atoms with Gasteiger partial charge in [-0.25, -0.2) is 0 Å². The number of ether oxygens (including phenoxy) is 1. The van der Waals surface area contributed by atoms with Gasteiger partial charge in [-0.2, -0.15) is 11.8 Å². The first-order valence-corrected chi connectivity index (χ1v) is 9.25. The van der Waals surface area contributed by atoms with Crippen molar-refractivity contribution in [1.82, 2.24) is 10.6 Å². The van der Waals surface area contributed by atoms with Crippen molar-refractivity contribution in [1.29, 1.82) is 0 Å². The summed E-state index contributed by atoms with van der Waals surface area (Å²) in [5.74, 6) is 3.40. The molecule has 0 radical (unpaired) electrons. The third-order valence-electron chi connectivity index (χ3n) is 3.46. The number of halogens is 1. The summed E-state index contributed by atoms with van der Waals surface area (Å²) in [7, 11) is 1.69. The van der Waals surface area contributed by atoms with Crippen LogP contribution in [0.2, 0.25) is 0 Å². The summed E-state index contributed by atoms with van der Waals surface area (Å²) in [5, 5.41) is 6.63. The molecular weight excluding hydrogens is 421 g/mol. The van der Waals surface area contributed by atoms with E-state index >= 15 is 0 Å². The van der Waals surface area contributed by atoms with Crippen molar-refractivity contribution < 1.29 is 4.74 Å². The van der Waals surface area contributed by atoms with Crippen LogP contribution < -0.4 is 15.4 Å². The summed E-state index contributed by atoms with van der Waals surface area (Å²) in [6.45, 7) is 6.99. The zero-order valence-electron chi connectivity index (χ0n) is 14.6. The monoisotopic (exact) mass is 451 g/mol. The summed E-state index contributed by atoms with van der Waals surface area (Å²) in [6.07, 6.45) is 3.15. The summed E-state index contributed by atoms with van der Waals surface area (Å²) >= 11 is 1.84. The van der Waals surface area contributed by atoms with E-state index in [1.165, 1.54) is 5.56 Å². The van der Waals surface area contributed by atoms with Gasteiger partial charge in [0.15, 0.2) is 5.96 Å². The highest BCUT2D eigenvalue weighted by atomic mass is 127. The van der Waals surface area contributed by atoms with Gasteiger partial charge in [-0.3, -0.25) is 4.99 Å². The molecule has 0 aromatic heterocycles. The Balaban J connectivity index is 0.00000484. The van der Waals surface area contributed by atoms with Crippen LogP contribution in [-0.2, 0) is 0 Å². The van der Waals surface area contributed by atoms with Crippen LogP contribution in [0.3, 0.4) is 0 Å². The van der Waals surface area contributed by atoms with E-state index in [9.17, 15) is 0 Å². The second-order valence-corrected chi connectivity index (χ2v) is 6.13. The molecule has 0 saturated carbocycles. The average Bonchev–Trinajstić information content (AvgIpc) is 2.55. The molecule has 1 aromatic rings. The predicted molar refractivity (Wildman–Crippen MR) is 114 cm³/mol. The SMILES string of the molecule is CCNC(=NCCC(C)c1ccc(OC)cc1)NCCSC.I. The van der Waals surface area contributed by atoms with E-state index in [2.05, 4.69) is 47.9 Å². The second-order valence-electron chi connectivity index (χ2n) is 5.14. The Kier molecular flexibility index (Phi) is 13.4. The molecule has 1 atom stereocenters. The maximum absolute atomic E-state index is 5.20. The molecule has 132 valence electrons. The van der Waals surface area contributed by atoms with E-state index in [4.69, 9.17) is 4.74 Å². The zero-order chi connectivity index (χ0) is 16.2. The molecule has 1 rings (SSSR count). The van der Waals surface area contributed by atoms with Crippen LogP contribution in [0.25, 0.3) is 0 Å². The largest absolute Gasteiger partial charge is 0.497 e. The van der Waals surface area contributed by atoms with Gasteiger partial charge < -0.3 is 15.4 Å². The molecule has 0 amide bonds. The average molecular weight is 451 g/mol. The molecular formula is C17H30IN3OS. The number of hydrogen-bond donors (Lipinski definition) is 2. The molecule has 0 aliphatic carbocycles. The number of nitrogens with one attached hydrogen (secondary N) is 2. The Morgan fingerprint density at radius 3 is 2.52 bits per heavy atom. The van der Waals surface area contributed by atoms with Gasteiger partial charge in [0.05, 0.1) is 7.11 Å². The number of rotatable bonds is 9. The van der Waals surface area contributed by atoms with E-state index in [1.54, 1.807) is 7.11 Å². The Labute approximate surface area is 162 Å². The number of hydrogen-bond acceptors (Lipinski definition) is 3. The van der Waals surface area contributed by atoms with Gasteiger partial charge in [-0.15, -0.1) is 24.0 Å². The second kappa shape index (κ2) is 13.8. The molecule has 0 spiro atoms. The van der Waals surface area contributed by atoms with Crippen LogP contribution in [0.15, 0.2) is 29.3 Å². The molecule has 0 saturated heterocycles. The minimum absolute atomic E-state index is 0. The fourth-order valence-corrected chi connectivity index (χ4v) is 2.39. The van der Waals surface area contributed by atoms with E-state index in [0.29, 0.717) is 5.92 Å². The lowest BCUT2D eigenvalue weighted by Crippen LogP contribution is -2.38. The van der Waals surface area contributed by atoms with Crippen LogP contribution in [0.1, 0.15) is 31.7 Å². The van der Waals surface area contributed by atoms with E-state index < -0.39 is 0 Å². The minimum atomic E-state index is 0. The zero-order valence-corrected chi connectivity index (χ0v) is 17.7. The smallest absolute Gasteiger partial charge is 0.191 e. The van der Waals surface area contributed by atoms with Gasteiger partial charge >= 0.3 is 0 Å². The van der Waals surface area contributed by atoms with Gasteiger partial charge in [0.2, 0.25) is 0 Å². The first kappa shape index (κ1) is 22.4. The van der Waals surface area contributed by atoms with Crippen molar-refractivity contribution in [3.05, 3.63) is 29.8 Å². The summed E-state index contributed by atoms with van der Waals surface area (Å²) in [5.41, 5.74) is 1.33. The normalized spacial score (nSPS) is 12.3. The van der Waals surface area contributed by atoms with Crippen LogP contribution in [0.4, 0.5) is 0 Å². The molecule has 0 heterocycles. The summed E-state index contributed by atoms with van der Waals surface area (Å²) in [6, 6.07) is 8.30. The van der Waals surface area contributed by atoms with Crippen molar-refractivity contribution in [3.63, 3.8) is 0 Å². The first-order chi connectivity index (χ1) is 10.7. The molecule has 2 N–H and O–H groups in total. The summed E-state index contributed by atoms with van der Waals surface area (Å²) in [4.78, 5) is 4.64. The minimum Gasteiger partial charge on any atom is -0.497 e. The number of methoxy groups -OCH3 is 1. The van der Waals surface area contributed by atoms with Crippen LogP contribution >= 0.6 is 35.7 Å². The van der Waals surface area contributed by atoms with Crippen molar-refractivity contribution in [2.75, 3.05) is 38.8 Å². The maximum Gasteiger partial charge on any atom is 0.191 e. The molecule has 1 aromatic carbocycles. The molecule has 1 unspecified atom stereocenters. The van der Waals surface area contributed by atoms with Crippen molar-refractivity contribution in [2.24, 2.45) is 4.99 Å². The van der Waals surface area contributed by atoms with Gasteiger partial charge in [-0.05, 0) is 43.2 Å². The number of guanidine groups is 1. The number of thioether (sulfide) groups is 1. The molecule has 0 bridgehead atoms. The first-order valence-electron chi connectivity index (χ1n) is 7.86. The topological polar surface area (TPSA) is 45.7 Å². The highest BCUT2D eigenvalue weighted by molar-refractivity contribution is 14.0. The van der Waals surface area contributed by atoms with Crippen LogP contribution in [0, 0.1) is 0 Å². The number of aliphatic imine (C=N–C) groups is 1. The van der Waals surface area contributed by atoms with E-state index in [-0.39, 0.29) is 24.0 Å². The lowest BCUT2D eigenvalue weighted by Gasteiger charge is -2.13. The van der Waals surface area contributed by atoms with Crippen molar-refractivity contribution in [3.8, 4) is 5.75 Å². The van der Waals surface area contributed by atoms with Gasteiger partial charge in [-0.1, -0.05) is 19.1 Å². The maximum atomic E-state index is 5.20. The van der Waals surface area contributed by atoms with Gasteiger partial charge in [0.25, 0.3) is 0 Å². The number of benzene rings is 1. The molecule has 23 heavy (non-hydrogen) atoms. The lowest BCUT2D eigenvalue weighted by atomic mass is 9.98. The molecule has 4 nitrogen and oxygen atoms in total. The van der Waals surface area contributed by atoms with Crippen LogP contribution in [-0.4, -0.2) is 44.7 Å². The Morgan fingerprint density at radius 1 is 1.26 bits per heavy atom. The van der Waals surface area contributed by atoms with Crippen molar-refractivity contribution in [2.45, 2.75) is 26.2 Å². The molecule has 0 fully saturated rings. The molecule has 6 heteroatoms. The van der Waals surface area contributed by atoms with Crippen molar-refractivity contribution >= 4 is 41.7 Å². The quantitative estimate of drug-likeness (QED) is 0.260. The lowest BCUT2D eigenvalue weighted by molar-refractivity contribution is 0.414. The third kappa shape index (κ3) is 9.30. The standard InChI is InChI=1S/C17H29N3OS.HI/c1-5-18-17(20-12-13-22-4)19-11-10-14(2)15-6-8-16(21-3)9-7-15;/h6-9,14H,5,10-13H2,1-4H3,(H2,18,19,20);1H. The highest BCUT2D eigenvalue weighted by Gasteiger charge is 2.05. The molecule has 0 aliphatic rings. The fraction of sp³-hybridized carbons (Fsp3) is 0.588. The predicted octanol–water partition coefficient (Wildman–Crippen LogP) is 3.72. The van der Waals surface area contributed by atoms with E-state index in [1.807, 2.05) is 23.9 Å². The number of nitrogens with zero attached hydrogens (tertiary/aromatic N) is 1. The molecule has 0 aliphatic heterocycles. The fourth-order valence-electron chi connectivity index (χ4n) is 2.08. The van der Waals surface area contributed by atoms with Gasteiger partial charge in [0, 0.05) is 25.4 Å². The van der Waals surface area contributed by atoms with Gasteiger partial charge in [0.1, 0.15) is 5.75 Å². The van der Waals surface area contributed by atoms with Crippen LogP contribution in [0.5, 0.6) is 5.75 Å². The Hall–Kier alpha value is -0.630. The Morgan fingerprint density at radius 2 is 1.96 bits per heavy atom. The third-order valence-corrected chi connectivity index (χ3v) is 4.07. The van der Waals surface area contributed by atoms with E-state index in [0.717, 1.165) is 43.5 Å². The highest BCUT2D eigenvalue weighted by Crippen LogP contribution is 2.21. The Bertz CT molecular complexity index is 440.